The molecule has 0 fully saturated rings. The number of H-pyrrole nitrogens is 1. The fraction of sp³-hybridized carbons (Fsp3) is 0. The van der Waals surface area contributed by atoms with Crippen molar-refractivity contribution >= 4 is 46.0 Å². The van der Waals surface area contributed by atoms with Gasteiger partial charge in [-0.05, 0) is 65.3 Å². The monoisotopic (exact) mass is 685 g/mol. The van der Waals surface area contributed by atoms with E-state index in [0.29, 0.717) is 22.8 Å². The smallest absolute Gasteiger partial charge is 0.161 e. The molecule has 9 rings (SSSR count). The summed E-state index contributed by atoms with van der Waals surface area (Å²) in [6, 6.07) is 44.4. The Morgan fingerprint density at radius 3 is 1.58 bits per heavy atom. The molecule has 1 atom stereocenters. The van der Waals surface area contributed by atoms with E-state index in [1.54, 1.807) is 0 Å². The maximum atomic E-state index is 16.7. The van der Waals surface area contributed by atoms with Gasteiger partial charge in [-0.25, -0.2) is 9.98 Å². The largest absolute Gasteiger partial charge is 0.616 e. The van der Waals surface area contributed by atoms with Gasteiger partial charge in [0.2, 0.25) is 0 Å². The Kier molecular flexibility index (Phi) is 8.08. The average molecular weight is 686 g/mol. The van der Waals surface area contributed by atoms with Crippen molar-refractivity contribution in [1.82, 2.24) is 9.63 Å². The molecule has 4 aliphatic heterocycles. The summed E-state index contributed by atoms with van der Waals surface area (Å²) in [5, 5.41) is 18.6. The molecule has 5 aromatic rings. The first-order chi connectivity index (χ1) is 24.1. The van der Waals surface area contributed by atoms with E-state index in [4.69, 9.17) is 9.98 Å². The Balaban J connectivity index is 0.00000361. The van der Waals surface area contributed by atoms with Gasteiger partial charge in [0.15, 0.2) is 11.4 Å². The Morgan fingerprint density at radius 1 is 0.480 bits per heavy atom. The van der Waals surface area contributed by atoms with Crippen LogP contribution in [-0.2, 0) is 17.1 Å². The number of quaternary nitrogens is 1. The molecular weight excluding hydrogens is 655 g/mol. The maximum absolute atomic E-state index is 16.7. The second-order valence-corrected chi connectivity index (χ2v) is 12.3. The van der Waals surface area contributed by atoms with E-state index in [9.17, 15) is 0 Å². The maximum Gasteiger partial charge on any atom is 0.161 e. The molecule has 1 N–H and O–H groups in total. The standard InChI is InChI=1S/C44H30N4O.Mn/c49-48(38-19-11-4-12-20-38)40-29-37-24-23-34(46-37)27-33-21-22-35(45-33)28-36-25-26-39(47-36)41(30-13-5-1-6-14-30)44(48)43(32-17-9-3-10-18-32)42(40)31-15-7-2-8-16-31;/h1-29,45H;. The van der Waals surface area contributed by atoms with Crippen molar-refractivity contribution in [1.29, 1.82) is 0 Å². The quantitative estimate of drug-likeness (QED) is 0.116. The Morgan fingerprint density at radius 2 is 0.980 bits per heavy atom. The van der Waals surface area contributed by atoms with E-state index in [2.05, 4.69) is 41.4 Å². The fourth-order valence-corrected chi connectivity index (χ4v) is 7.04. The van der Waals surface area contributed by atoms with Gasteiger partial charge in [0.1, 0.15) is 5.69 Å². The third-order valence-electron chi connectivity index (χ3n) is 9.16. The number of aliphatic imine (C=N–C) groups is 2. The molecule has 6 heteroatoms. The number of hydrogen-bond donors (Lipinski definition) is 1. The predicted octanol–water partition coefficient (Wildman–Crippen LogP) is 8.25. The summed E-state index contributed by atoms with van der Waals surface area (Å²) < 4.78 is -0.838. The van der Waals surface area contributed by atoms with Crippen LogP contribution in [-0.4, -0.2) is 16.4 Å². The number of para-hydroxylation sites is 1. The van der Waals surface area contributed by atoms with Gasteiger partial charge < -0.3 is 10.2 Å². The SMILES string of the molecule is [Mn].[O-][N+]1(c2ccccc2)C2=C(c3ccccc3)C(c3ccccc3)=C1C(c1ccccc1)=C1C=CC(=N1)C=c1ccc([nH]1)=CC1=NC(=C2)C=C1. The summed E-state index contributed by atoms with van der Waals surface area (Å²) >= 11 is 0. The Hall–Kier alpha value is -5.88. The molecule has 0 saturated carbocycles. The van der Waals surface area contributed by atoms with Crippen LogP contribution < -0.4 is 15.3 Å². The molecule has 0 aliphatic carbocycles. The number of aromatic amines is 1. The molecule has 4 aliphatic rings. The zero-order chi connectivity index (χ0) is 32.8. The van der Waals surface area contributed by atoms with Crippen LogP contribution >= 0.6 is 0 Å². The van der Waals surface area contributed by atoms with Gasteiger partial charge in [-0.3, -0.25) is 4.65 Å². The van der Waals surface area contributed by atoms with Gasteiger partial charge in [-0.2, -0.15) is 0 Å². The number of allylic oxidation sites excluding steroid dienone is 8. The number of nitrogens with zero attached hydrogens (tertiary/aromatic N) is 3. The van der Waals surface area contributed by atoms with Crippen molar-refractivity contribution in [3.63, 3.8) is 0 Å². The van der Waals surface area contributed by atoms with Crippen molar-refractivity contribution < 1.29 is 17.1 Å². The average Bonchev–Trinajstić information content (AvgIpc) is 3.95. The molecule has 5 nitrogen and oxygen atoms in total. The van der Waals surface area contributed by atoms with Crippen molar-refractivity contribution in [2.24, 2.45) is 9.98 Å². The molecule has 8 bridgehead atoms. The minimum Gasteiger partial charge on any atom is -0.616 e. The fourth-order valence-electron chi connectivity index (χ4n) is 7.04. The molecule has 1 unspecified atom stereocenters. The van der Waals surface area contributed by atoms with Crippen molar-refractivity contribution in [2.75, 3.05) is 0 Å². The Labute approximate surface area is 300 Å². The molecule has 4 aromatic carbocycles. The third-order valence-corrected chi connectivity index (χ3v) is 9.16. The summed E-state index contributed by atoms with van der Waals surface area (Å²) in [6.45, 7) is 0. The molecule has 239 valence electrons. The van der Waals surface area contributed by atoms with Gasteiger partial charge in [0.05, 0.1) is 39.5 Å². The van der Waals surface area contributed by atoms with E-state index in [1.165, 1.54) is 0 Å². The van der Waals surface area contributed by atoms with E-state index in [0.717, 1.165) is 61.2 Å². The Bertz CT molecular complexity index is 2520. The summed E-state index contributed by atoms with van der Waals surface area (Å²) in [5.41, 5.74) is 10.1. The van der Waals surface area contributed by atoms with E-state index < -0.39 is 4.65 Å². The van der Waals surface area contributed by atoms with Crippen LogP contribution in [0, 0.1) is 5.21 Å². The first-order valence-electron chi connectivity index (χ1n) is 16.4. The second-order valence-electron chi connectivity index (χ2n) is 12.3. The number of fused-ring (bicyclic) bond motifs is 6. The van der Waals surface area contributed by atoms with Gasteiger partial charge in [0, 0.05) is 46.0 Å². The predicted molar refractivity (Wildman–Crippen MR) is 202 cm³/mol. The molecule has 1 radical (unpaired) electrons. The van der Waals surface area contributed by atoms with Crippen LogP contribution in [0.15, 0.2) is 197 Å². The first-order valence-corrected chi connectivity index (χ1v) is 16.4. The van der Waals surface area contributed by atoms with E-state index >= 15 is 5.21 Å². The summed E-state index contributed by atoms with van der Waals surface area (Å²) in [5.74, 6) is 0. The van der Waals surface area contributed by atoms with Crippen LogP contribution in [0.3, 0.4) is 0 Å². The molecular formula is C44H30MnN4O. The van der Waals surface area contributed by atoms with Crippen molar-refractivity contribution in [2.45, 2.75) is 0 Å². The zero-order valence-electron chi connectivity index (χ0n) is 26.9. The number of aromatic nitrogens is 1. The van der Waals surface area contributed by atoms with Gasteiger partial charge in [-0.1, -0.05) is 109 Å². The molecule has 50 heavy (non-hydrogen) atoms. The van der Waals surface area contributed by atoms with Crippen LogP contribution in [0.5, 0.6) is 0 Å². The number of nitrogens with one attached hydrogen (secondary N) is 1. The van der Waals surface area contributed by atoms with Crippen LogP contribution in [0.1, 0.15) is 16.7 Å². The van der Waals surface area contributed by atoms with Gasteiger partial charge in [0.25, 0.3) is 0 Å². The summed E-state index contributed by atoms with van der Waals surface area (Å²) in [4.78, 5) is 13.7. The number of rotatable bonds is 4. The van der Waals surface area contributed by atoms with Crippen LogP contribution in [0.4, 0.5) is 5.69 Å². The topological polar surface area (TPSA) is 63.6 Å². The van der Waals surface area contributed by atoms with Crippen LogP contribution in [0.2, 0.25) is 0 Å². The minimum absolute atomic E-state index is 0. The molecule has 0 spiro atoms. The zero-order valence-corrected chi connectivity index (χ0v) is 28.1. The first kappa shape index (κ1) is 31.4. The molecule has 1 aromatic heterocycles. The molecule has 0 amide bonds. The van der Waals surface area contributed by atoms with Gasteiger partial charge >= 0.3 is 0 Å². The van der Waals surface area contributed by atoms with E-state index in [-0.39, 0.29) is 17.1 Å². The summed E-state index contributed by atoms with van der Waals surface area (Å²) in [6.07, 6.45) is 14.0. The van der Waals surface area contributed by atoms with Crippen molar-refractivity contribution in [3.05, 3.63) is 219 Å². The molecule has 5 heterocycles. The minimum atomic E-state index is -0.838. The third kappa shape index (κ3) is 5.37. The number of hydroxylamine groups is 2. The normalized spacial score (nSPS) is 19.1. The van der Waals surface area contributed by atoms with Gasteiger partial charge in [-0.15, -0.1) is 0 Å². The van der Waals surface area contributed by atoms with E-state index in [1.807, 2.05) is 140 Å². The number of hydrogen-bond acceptors (Lipinski definition) is 3. The summed E-state index contributed by atoms with van der Waals surface area (Å²) in [7, 11) is 0. The second kappa shape index (κ2) is 12.9. The van der Waals surface area contributed by atoms with Crippen LogP contribution in [0.25, 0.3) is 28.9 Å². The number of benzene rings is 4. The van der Waals surface area contributed by atoms with Crippen molar-refractivity contribution in [3.8, 4) is 0 Å². The molecule has 0 saturated heterocycles.